The number of allylic oxidation sites excluding steroid dienone is 4. The van der Waals surface area contributed by atoms with Crippen LogP contribution in [0.25, 0.3) is 0 Å². The second kappa shape index (κ2) is 17.5. The summed E-state index contributed by atoms with van der Waals surface area (Å²) in [5.41, 5.74) is 0. The number of unbranched alkanes of at least 4 members (excludes halogenated alkanes) is 9. The van der Waals surface area contributed by atoms with E-state index in [9.17, 15) is 0 Å². The van der Waals surface area contributed by atoms with Crippen molar-refractivity contribution in [2.75, 3.05) is 20.6 Å². The summed E-state index contributed by atoms with van der Waals surface area (Å²) in [6.45, 7) is 3.50. The van der Waals surface area contributed by atoms with Gasteiger partial charge in [-0.1, -0.05) is 69.8 Å². The first-order valence-corrected chi connectivity index (χ1v) is 9.22. The average Bonchev–Trinajstić information content (AvgIpc) is 2.46. The number of hydrogen-bond donors (Lipinski definition) is 0. The molecule has 0 aliphatic heterocycles. The van der Waals surface area contributed by atoms with Gasteiger partial charge in [0.05, 0.1) is 0 Å². The van der Waals surface area contributed by atoms with Gasteiger partial charge in [-0.05, 0) is 59.2 Å². The highest BCUT2D eigenvalue weighted by molar-refractivity contribution is 4.92. The van der Waals surface area contributed by atoms with E-state index in [1.54, 1.807) is 0 Å². The Kier molecular flexibility index (Phi) is 17.0. The van der Waals surface area contributed by atoms with Crippen LogP contribution in [0.3, 0.4) is 0 Å². The van der Waals surface area contributed by atoms with Gasteiger partial charge in [-0.15, -0.1) is 0 Å². The van der Waals surface area contributed by atoms with E-state index in [-0.39, 0.29) is 0 Å². The zero-order valence-corrected chi connectivity index (χ0v) is 14.9. The maximum absolute atomic E-state index is 2.36. The molecule has 0 unspecified atom stereocenters. The van der Waals surface area contributed by atoms with Gasteiger partial charge in [-0.25, -0.2) is 0 Å². The Morgan fingerprint density at radius 1 is 0.619 bits per heavy atom. The lowest BCUT2D eigenvalue weighted by Gasteiger charge is -2.08. The van der Waals surface area contributed by atoms with E-state index in [1.165, 1.54) is 77.2 Å². The Labute approximate surface area is 134 Å². The molecular weight excluding hydrogens is 254 g/mol. The molecule has 21 heavy (non-hydrogen) atoms. The van der Waals surface area contributed by atoms with Gasteiger partial charge in [0.2, 0.25) is 0 Å². The van der Waals surface area contributed by atoms with Crippen molar-refractivity contribution >= 4 is 0 Å². The maximum atomic E-state index is 2.36. The predicted octanol–water partition coefficient (Wildman–Crippen LogP) is 6.36. The van der Waals surface area contributed by atoms with Crippen LogP contribution in [0.5, 0.6) is 0 Å². The van der Waals surface area contributed by atoms with E-state index >= 15 is 0 Å². The fourth-order valence-electron chi connectivity index (χ4n) is 2.42. The van der Waals surface area contributed by atoms with E-state index in [4.69, 9.17) is 0 Å². The number of rotatable bonds is 15. The Morgan fingerprint density at radius 2 is 1.14 bits per heavy atom. The zero-order valence-electron chi connectivity index (χ0n) is 14.9. The fourth-order valence-corrected chi connectivity index (χ4v) is 2.42. The minimum Gasteiger partial charge on any atom is -0.309 e. The molecule has 0 heterocycles. The summed E-state index contributed by atoms with van der Waals surface area (Å²) < 4.78 is 0. The van der Waals surface area contributed by atoms with Gasteiger partial charge in [0.25, 0.3) is 0 Å². The van der Waals surface area contributed by atoms with Crippen LogP contribution in [0.2, 0.25) is 0 Å². The third-order valence-corrected chi connectivity index (χ3v) is 3.81. The van der Waals surface area contributed by atoms with E-state index < -0.39 is 0 Å². The minimum absolute atomic E-state index is 1.12. The standard InChI is InChI=1S/C20H39N/c1-4-5-6-7-8-9-10-11-12-13-14-15-16-17-18-19-20-21(2)3/h8-9,11-12H,4-7,10,13-20H2,1-3H3/b9-8-,12-11-. The van der Waals surface area contributed by atoms with Crippen molar-refractivity contribution in [2.24, 2.45) is 0 Å². The van der Waals surface area contributed by atoms with Gasteiger partial charge in [0, 0.05) is 0 Å². The Morgan fingerprint density at radius 3 is 1.71 bits per heavy atom. The van der Waals surface area contributed by atoms with Crippen molar-refractivity contribution in [1.29, 1.82) is 0 Å². The Balaban J connectivity index is 3.15. The van der Waals surface area contributed by atoms with E-state index in [1.807, 2.05) is 0 Å². The molecule has 1 heteroatoms. The predicted molar refractivity (Wildman–Crippen MR) is 97.9 cm³/mol. The largest absolute Gasteiger partial charge is 0.309 e. The first-order valence-electron chi connectivity index (χ1n) is 9.22. The normalized spacial score (nSPS) is 12.2. The highest BCUT2D eigenvalue weighted by Gasteiger charge is 1.92. The molecule has 124 valence electrons. The van der Waals surface area contributed by atoms with E-state index in [2.05, 4.69) is 50.2 Å². The Hall–Kier alpha value is -0.560. The van der Waals surface area contributed by atoms with Crippen LogP contribution in [0, 0.1) is 0 Å². The van der Waals surface area contributed by atoms with Gasteiger partial charge >= 0.3 is 0 Å². The minimum atomic E-state index is 1.12. The molecule has 0 amide bonds. The molecular formula is C20H39N. The molecule has 0 aromatic carbocycles. The Bertz CT molecular complexity index is 240. The van der Waals surface area contributed by atoms with Crippen molar-refractivity contribution in [3.63, 3.8) is 0 Å². The maximum Gasteiger partial charge on any atom is -0.00248 e. The second-order valence-corrected chi connectivity index (χ2v) is 6.39. The monoisotopic (exact) mass is 293 g/mol. The molecule has 0 aliphatic carbocycles. The first-order chi connectivity index (χ1) is 10.3. The van der Waals surface area contributed by atoms with Crippen LogP contribution in [0.1, 0.15) is 84.0 Å². The molecule has 0 aliphatic rings. The van der Waals surface area contributed by atoms with Crippen LogP contribution >= 0.6 is 0 Å². The zero-order chi connectivity index (χ0) is 15.6. The highest BCUT2D eigenvalue weighted by Crippen LogP contribution is 2.08. The molecule has 1 nitrogen and oxygen atoms in total. The molecule has 0 aromatic rings. The average molecular weight is 294 g/mol. The molecule has 0 spiro atoms. The summed E-state index contributed by atoms with van der Waals surface area (Å²) in [6.07, 6.45) is 25.4. The van der Waals surface area contributed by atoms with Gasteiger partial charge in [-0.3, -0.25) is 0 Å². The lowest BCUT2D eigenvalue weighted by atomic mass is 10.1. The van der Waals surface area contributed by atoms with Crippen molar-refractivity contribution in [2.45, 2.75) is 84.0 Å². The van der Waals surface area contributed by atoms with Crippen molar-refractivity contribution < 1.29 is 0 Å². The van der Waals surface area contributed by atoms with Crippen LogP contribution in [0.15, 0.2) is 24.3 Å². The summed E-state index contributed by atoms with van der Waals surface area (Å²) >= 11 is 0. The third kappa shape index (κ3) is 19.4. The van der Waals surface area contributed by atoms with Crippen molar-refractivity contribution in [1.82, 2.24) is 4.90 Å². The molecule has 0 atom stereocenters. The van der Waals surface area contributed by atoms with Gasteiger partial charge in [0.15, 0.2) is 0 Å². The van der Waals surface area contributed by atoms with Crippen LogP contribution in [-0.4, -0.2) is 25.5 Å². The summed E-state index contributed by atoms with van der Waals surface area (Å²) in [6, 6.07) is 0. The topological polar surface area (TPSA) is 3.24 Å². The summed E-state index contributed by atoms with van der Waals surface area (Å²) in [5.74, 6) is 0. The fraction of sp³-hybridized carbons (Fsp3) is 0.800. The molecule has 0 saturated heterocycles. The highest BCUT2D eigenvalue weighted by atomic mass is 15.0. The first kappa shape index (κ1) is 20.4. The number of nitrogens with zero attached hydrogens (tertiary/aromatic N) is 1. The van der Waals surface area contributed by atoms with E-state index in [0.29, 0.717) is 0 Å². The molecule has 0 saturated carbocycles. The summed E-state index contributed by atoms with van der Waals surface area (Å²) in [4.78, 5) is 2.28. The summed E-state index contributed by atoms with van der Waals surface area (Å²) in [7, 11) is 4.32. The van der Waals surface area contributed by atoms with Crippen LogP contribution in [-0.2, 0) is 0 Å². The van der Waals surface area contributed by atoms with Gasteiger partial charge < -0.3 is 4.90 Å². The van der Waals surface area contributed by atoms with Crippen LogP contribution in [0.4, 0.5) is 0 Å². The van der Waals surface area contributed by atoms with Crippen LogP contribution < -0.4 is 0 Å². The van der Waals surface area contributed by atoms with Gasteiger partial charge in [0.1, 0.15) is 0 Å². The van der Waals surface area contributed by atoms with E-state index in [0.717, 1.165) is 6.42 Å². The molecule has 0 aromatic heterocycles. The van der Waals surface area contributed by atoms with Gasteiger partial charge in [-0.2, -0.15) is 0 Å². The van der Waals surface area contributed by atoms with Crippen molar-refractivity contribution in [3.05, 3.63) is 24.3 Å². The molecule has 0 N–H and O–H groups in total. The van der Waals surface area contributed by atoms with Crippen molar-refractivity contribution in [3.8, 4) is 0 Å². The lowest BCUT2D eigenvalue weighted by Crippen LogP contribution is -2.12. The summed E-state index contributed by atoms with van der Waals surface area (Å²) in [5, 5.41) is 0. The molecule has 0 bridgehead atoms. The number of hydrogen-bond acceptors (Lipinski definition) is 1. The molecule has 0 rings (SSSR count). The molecule has 0 fully saturated rings. The quantitative estimate of drug-likeness (QED) is 0.251. The smallest absolute Gasteiger partial charge is 0.00248 e. The lowest BCUT2D eigenvalue weighted by molar-refractivity contribution is 0.389. The SMILES string of the molecule is CCCCC/C=C\C/C=C\CCCCCCCCN(C)C. The molecule has 0 radical (unpaired) electrons. The third-order valence-electron chi connectivity index (χ3n) is 3.81. The second-order valence-electron chi connectivity index (χ2n) is 6.39.